The third kappa shape index (κ3) is 2.85. The number of nitrogens with zero attached hydrogens (tertiary/aromatic N) is 2. The first-order valence-corrected chi connectivity index (χ1v) is 6.15. The highest BCUT2D eigenvalue weighted by Crippen LogP contribution is 2.29. The molecule has 5 nitrogen and oxygen atoms in total. The number of ether oxygens (including phenoxy) is 1. The highest BCUT2D eigenvalue weighted by Gasteiger charge is 2.17. The molecule has 1 aromatic heterocycles. The van der Waals surface area contributed by atoms with Crippen LogP contribution in [0.4, 0.5) is 5.82 Å². The van der Waals surface area contributed by atoms with Crippen molar-refractivity contribution in [3.8, 4) is 5.88 Å². The van der Waals surface area contributed by atoms with Gasteiger partial charge in [0.2, 0.25) is 5.88 Å². The van der Waals surface area contributed by atoms with Crippen molar-refractivity contribution in [3.05, 3.63) is 11.4 Å². The van der Waals surface area contributed by atoms with Crippen molar-refractivity contribution in [3.63, 3.8) is 0 Å². The average molecular weight is 236 g/mol. The van der Waals surface area contributed by atoms with Crippen LogP contribution in [0.25, 0.3) is 0 Å². The van der Waals surface area contributed by atoms with Gasteiger partial charge >= 0.3 is 0 Å². The number of anilines is 1. The van der Waals surface area contributed by atoms with E-state index in [9.17, 15) is 0 Å². The van der Waals surface area contributed by atoms with Crippen LogP contribution in [0.5, 0.6) is 5.88 Å². The first-order chi connectivity index (χ1) is 8.20. The number of rotatable bonds is 5. The summed E-state index contributed by atoms with van der Waals surface area (Å²) < 4.78 is 5.72. The molecule has 5 heteroatoms. The van der Waals surface area contributed by atoms with Gasteiger partial charge < -0.3 is 10.2 Å². The van der Waals surface area contributed by atoms with Gasteiger partial charge in [-0.1, -0.05) is 19.3 Å². The van der Waals surface area contributed by atoms with E-state index >= 15 is 0 Å². The zero-order valence-electron chi connectivity index (χ0n) is 10.5. The summed E-state index contributed by atoms with van der Waals surface area (Å²) in [4.78, 5) is 8.49. The number of hydrogen-bond donors (Lipinski definition) is 2. The summed E-state index contributed by atoms with van der Waals surface area (Å²) in [6.07, 6.45) is 5.19. The molecule has 94 valence electrons. The second-order valence-electron chi connectivity index (χ2n) is 4.63. The predicted molar refractivity (Wildman–Crippen MR) is 66.8 cm³/mol. The molecule has 0 amide bonds. The fourth-order valence-electron chi connectivity index (χ4n) is 1.99. The minimum atomic E-state index is 0.635. The Bertz CT molecular complexity index is 390. The SMILES string of the molecule is Cc1nc(NN)c(C)c(OCCC2CCC2)n1. The molecule has 1 aliphatic carbocycles. The van der Waals surface area contributed by atoms with Gasteiger partial charge in [-0.05, 0) is 26.2 Å². The summed E-state index contributed by atoms with van der Waals surface area (Å²) in [5, 5.41) is 0. The minimum Gasteiger partial charge on any atom is -0.477 e. The van der Waals surface area contributed by atoms with Gasteiger partial charge in [0, 0.05) is 0 Å². The lowest BCUT2D eigenvalue weighted by Gasteiger charge is -2.25. The minimum absolute atomic E-state index is 0.635. The Morgan fingerprint density at radius 2 is 2.12 bits per heavy atom. The highest BCUT2D eigenvalue weighted by atomic mass is 16.5. The molecule has 1 saturated carbocycles. The van der Waals surface area contributed by atoms with Gasteiger partial charge in [0.05, 0.1) is 12.2 Å². The lowest BCUT2D eigenvalue weighted by atomic mass is 9.83. The molecule has 0 radical (unpaired) electrons. The molecule has 0 bridgehead atoms. The molecule has 1 fully saturated rings. The average Bonchev–Trinajstić information content (AvgIpc) is 2.25. The Kier molecular flexibility index (Phi) is 3.78. The molecule has 0 aromatic carbocycles. The highest BCUT2D eigenvalue weighted by molar-refractivity contribution is 5.47. The van der Waals surface area contributed by atoms with Gasteiger partial charge in [0.15, 0.2) is 0 Å². The molecule has 0 unspecified atom stereocenters. The van der Waals surface area contributed by atoms with Crippen LogP contribution in [0.1, 0.15) is 37.1 Å². The second kappa shape index (κ2) is 5.31. The third-order valence-corrected chi connectivity index (χ3v) is 3.34. The molecular formula is C12H20N4O. The van der Waals surface area contributed by atoms with Crippen LogP contribution >= 0.6 is 0 Å². The molecular weight excluding hydrogens is 216 g/mol. The van der Waals surface area contributed by atoms with Gasteiger partial charge in [-0.15, -0.1) is 0 Å². The summed E-state index contributed by atoms with van der Waals surface area (Å²) in [5.41, 5.74) is 3.43. The van der Waals surface area contributed by atoms with Crippen molar-refractivity contribution in [1.29, 1.82) is 0 Å². The van der Waals surface area contributed by atoms with Crippen LogP contribution in [-0.2, 0) is 0 Å². The zero-order chi connectivity index (χ0) is 12.3. The molecule has 0 atom stereocenters. The van der Waals surface area contributed by atoms with Crippen molar-refractivity contribution in [2.24, 2.45) is 11.8 Å². The Balaban J connectivity index is 1.96. The Morgan fingerprint density at radius 1 is 1.35 bits per heavy atom. The lowest BCUT2D eigenvalue weighted by Crippen LogP contribution is -2.16. The van der Waals surface area contributed by atoms with E-state index in [1.165, 1.54) is 19.3 Å². The van der Waals surface area contributed by atoms with E-state index in [2.05, 4.69) is 15.4 Å². The normalized spacial score (nSPS) is 15.5. The van der Waals surface area contributed by atoms with Crippen LogP contribution in [0.3, 0.4) is 0 Å². The first kappa shape index (κ1) is 12.1. The number of hydrazine groups is 1. The maximum absolute atomic E-state index is 5.72. The Hall–Kier alpha value is -1.36. The molecule has 2 rings (SSSR count). The molecule has 1 heterocycles. The number of hydrogen-bond acceptors (Lipinski definition) is 5. The number of nitrogens with two attached hydrogens (primary N) is 1. The standard InChI is InChI=1S/C12H20N4O/c1-8-11(16-13)14-9(2)15-12(8)17-7-6-10-4-3-5-10/h10H,3-7,13H2,1-2H3,(H,14,15,16). The number of nitrogen functional groups attached to an aromatic ring is 1. The monoisotopic (exact) mass is 236 g/mol. The van der Waals surface area contributed by atoms with Gasteiger partial charge in [-0.3, -0.25) is 0 Å². The van der Waals surface area contributed by atoms with Crippen LogP contribution in [0.2, 0.25) is 0 Å². The quantitative estimate of drug-likeness (QED) is 0.604. The maximum atomic E-state index is 5.72. The molecule has 3 N–H and O–H groups in total. The second-order valence-corrected chi connectivity index (χ2v) is 4.63. The number of aryl methyl sites for hydroxylation is 1. The van der Waals surface area contributed by atoms with Crippen molar-refractivity contribution in [2.45, 2.75) is 39.5 Å². The third-order valence-electron chi connectivity index (χ3n) is 3.34. The molecule has 0 spiro atoms. The first-order valence-electron chi connectivity index (χ1n) is 6.15. The summed E-state index contributed by atoms with van der Waals surface area (Å²) in [5.74, 6) is 8.20. The van der Waals surface area contributed by atoms with Crippen molar-refractivity contribution in [2.75, 3.05) is 12.0 Å². The van der Waals surface area contributed by atoms with Gasteiger partial charge in [0.1, 0.15) is 11.6 Å². The molecule has 17 heavy (non-hydrogen) atoms. The lowest BCUT2D eigenvalue weighted by molar-refractivity contribution is 0.216. The Labute approximate surface area is 102 Å². The van der Waals surface area contributed by atoms with E-state index in [1.54, 1.807) is 0 Å². The van der Waals surface area contributed by atoms with Crippen LogP contribution in [-0.4, -0.2) is 16.6 Å². The van der Waals surface area contributed by atoms with Gasteiger partial charge in [-0.25, -0.2) is 10.8 Å². The number of aromatic nitrogens is 2. The van der Waals surface area contributed by atoms with E-state index in [4.69, 9.17) is 10.6 Å². The van der Waals surface area contributed by atoms with Crippen LogP contribution in [0.15, 0.2) is 0 Å². The van der Waals surface area contributed by atoms with E-state index < -0.39 is 0 Å². The smallest absolute Gasteiger partial charge is 0.221 e. The van der Waals surface area contributed by atoms with E-state index in [0.29, 0.717) is 17.5 Å². The summed E-state index contributed by atoms with van der Waals surface area (Å²) in [6, 6.07) is 0. The summed E-state index contributed by atoms with van der Waals surface area (Å²) in [7, 11) is 0. The van der Waals surface area contributed by atoms with E-state index in [1.807, 2.05) is 13.8 Å². The topological polar surface area (TPSA) is 73.1 Å². The van der Waals surface area contributed by atoms with E-state index in [-0.39, 0.29) is 0 Å². The Morgan fingerprint density at radius 3 is 2.71 bits per heavy atom. The van der Waals surface area contributed by atoms with Crippen molar-refractivity contribution < 1.29 is 4.74 Å². The summed E-state index contributed by atoms with van der Waals surface area (Å²) in [6.45, 7) is 4.47. The summed E-state index contributed by atoms with van der Waals surface area (Å²) >= 11 is 0. The zero-order valence-corrected chi connectivity index (χ0v) is 10.5. The molecule has 1 aromatic rings. The van der Waals surface area contributed by atoms with E-state index in [0.717, 1.165) is 24.5 Å². The van der Waals surface area contributed by atoms with Crippen molar-refractivity contribution >= 4 is 5.82 Å². The largest absolute Gasteiger partial charge is 0.477 e. The molecule has 1 aliphatic rings. The fraction of sp³-hybridized carbons (Fsp3) is 0.667. The maximum Gasteiger partial charge on any atom is 0.221 e. The van der Waals surface area contributed by atoms with Gasteiger partial charge in [-0.2, -0.15) is 4.98 Å². The fourth-order valence-corrected chi connectivity index (χ4v) is 1.99. The molecule has 0 aliphatic heterocycles. The number of nitrogens with one attached hydrogen (secondary N) is 1. The predicted octanol–water partition coefficient (Wildman–Crippen LogP) is 1.95. The van der Waals surface area contributed by atoms with Crippen LogP contribution < -0.4 is 16.0 Å². The molecule has 0 saturated heterocycles. The van der Waals surface area contributed by atoms with Crippen molar-refractivity contribution in [1.82, 2.24) is 9.97 Å². The van der Waals surface area contributed by atoms with Crippen LogP contribution in [0, 0.1) is 19.8 Å². The van der Waals surface area contributed by atoms with Gasteiger partial charge in [0.25, 0.3) is 0 Å².